The van der Waals surface area contributed by atoms with E-state index in [1.807, 2.05) is 19.1 Å². The Bertz CT molecular complexity index is 766. The van der Waals surface area contributed by atoms with Gasteiger partial charge in [-0.05, 0) is 98.2 Å². The Morgan fingerprint density at radius 3 is 2.62 bits per heavy atom. The third kappa shape index (κ3) is 2.47. The van der Waals surface area contributed by atoms with Crippen molar-refractivity contribution in [2.24, 2.45) is 51.8 Å². The first kappa shape index (κ1) is 20.0. The number of allylic oxidation sites excluding steroid dienone is 2. The lowest BCUT2D eigenvalue weighted by molar-refractivity contribution is -0.152. The predicted molar refractivity (Wildman–Crippen MR) is 117 cm³/mol. The summed E-state index contributed by atoms with van der Waals surface area (Å²) < 4.78 is 0. The Morgan fingerprint density at radius 1 is 1.17 bits per heavy atom. The van der Waals surface area contributed by atoms with Crippen molar-refractivity contribution >= 4 is 5.78 Å². The SMILES string of the molecule is C=C(C)/C=C/[C@H](O)[C@@H](C)[C@H]1CC[C@H]2[C@@H]3CC(=O)[C@]45C[C@H]4CC[C@]5(C)[C@H]3CC[C@]12C. The van der Waals surface area contributed by atoms with Gasteiger partial charge in [0.15, 0.2) is 0 Å². The fourth-order valence-electron chi connectivity index (χ4n) is 9.59. The van der Waals surface area contributed by atoms with Gasteiger partial charge in [0.2, 0.25) is 0 Å². The minimum atomic E-state index is -0.402. The Balaban J connectivity index is 1.40. The molecule has 0 aromatic rings. The lowest BCUT2D eigenvalue weighted by Gasteiger charge is -2.58. The van der Waals surface area contributed by atoms with E-state index in [9.17, 15) is 9.90 Å². The van der Waals surface area contributed by atoms with Crippen molar-refractivity contribution in [1.29, 1.82) is 0 Å². The molecule has 0 amide bonds. The van der Waals surface area contributed by atoms with Gasteiger partial charge in [-0.3, -0.25) is 4.79 Å². The van der Waals surface area contributed by atoms with Crippen molar-refractivity contribution in [1.82, 2.24) is 0 Å². The van der Waals surface area contributed by atoms with Gasteiger partial charge in [-0.25, -0.2) is 0 Å². The molecule has 0 aromatic heterocycles. The first-order valence-corrected chi connectivity index (χ1v) is 12.2. The third-order valence-corrected chi connectivity index (χ3v) is 11.1. The number of aliphatic hydroxyl groups is 1. The molecule has 1 spiro atoms. The van der Waals surface area contributed by atoms with Crippen molar-refractivity contribution in [2.75, 3.05) is 0 Å². The molecule has 29 heavy (non-hydrogen) atoms. The van der Waals surface area contributed by atoms with Gasteiger partial charge >= 0.3 is 0 Å². The minimum Gasteiger partial charge on any atom is -0.389 e. The van der Waals surface area contributed by atoms with Gasteiger partial charge in [0.1, 0.15) is 5.78 Å². The van der Waals surface area contributed by atoms with Crippen LogP contribution >= 0.6 is 0 Å². The smallest absolute Gasteiger partial charge is 0.140 e. The second-order valence-electron chi connectivity index (χ2n) is 12.1. The standard InChI is InChI=1S/C27H40O2/c1-16(2)6-9-23(28)17(3)20-7-8-21-19-14-24(29)27-15-18(27)10-13-26(27,5)22(19)11-12-25(20,21)4/h6,9,17-23,28H,1,7-8,10-15H2,2-5H3/b9-6+/t17-,18+,19-,20+,21-,22-,23-,25+,26+,27-/m0/s1. The number of hydrogen-bond donors (Lipinski definition) is 1. The van der Waals surface area contributed by atoms with Crippen molar-refractivity contribution in [3.63, 3.8) is 0 Å². The van der Waals surface area contributed by atoms with E-state index in [4.69, 9.17) is 0 Å². The summed E-state index contributed by atoms with van der Waals surface area (Å²) in [5, 5.41) is 10.8. The van der Waals surface area contributed by atoms with E-state index < -0.39 is 6.10 Å². The minimum absolute atomic E-state index is 0.0940. The topological polar surface area (TPSA) is 37.3 Å². The molecule has 0 radical (unpaired) electrons. The fourth-order valence-corrected chi connectivity index (χ4v) is 9.59. The molecule has 5 aliphatic carbocycles. The number of rotatable bonds is 4. The molecule has 0 heterocycles. The summed E-state index contributed by atoms with van der Waals surface area (Å²) in [5.74, 6) is 4.19. The van der Waals surface area contributed by atoms with Crippen molar-refractivity contribution in [3.8, 4) is 0 Å². The van der Waals surface area contributed by atoms with Gasteiger partial charge in [-0.15, -0.1) is 0 Å². The summed E-state index contributed by atoms with van der Waals surface area (Å²) in [6, 6.07) is 0. The maximum Gasteiger partial charge on any atom is 0.140 e. The van der Waals surface area contributed by atoms with Crippen LogP contribution in [0.2, 0.25) is 0 Å². The summed E-state index contributed by atoms with van der Waals surface area (Å²) in [7, 11) is 0. The molecule has 0 bridgehead atoms. The number of carbonyl (C=O) groups excluding carboxylic acids is 1. The molecule has 5 aliphatic rings. The highest BCUT2D eigenvalue weighted by Gasteiger charge is 2.77. The van der Waals surface area contributed by atoms with Gasteiger partial charge in [-0.1, -0.05) is 45.1 Å². The second-order valence-corrected chi connectivity index (χ2v) is 12.1. The van der Waals surface area contributed by atoms with Crippen LogP contribution in [0.3, 0.4) is 0 Å². The zero-order valence-electron chi connectivity index (χ0n) is 18.9. The van der Waals surface area contributed by atoms with E-state index in [1.54, 1.807) is 0 Å². The number of carbonyl (C=O) groups is 1. The van der Waals surface area contributed by atoms with Gasteiger partial charge in [0, 0.05) is 11.8 Å². The van der Waals surface area contributed by atoms with Crippen LogP contribution < -0.4 is 0 Å². The molecule has 2 heteroatoms. The first-order chi connectivity index (χ1) is 13.6. The van der Waals surface area contributed by atoms with Crippen LogP contribution in [0.5, 0.6) is 0 Å². The van der Waals surface area contributed by atoms with E-state index >= 15 is 0 Å². The van der Waals surface area contributed by atoms with Gasteiger partial charge in [-0.2, -0.15) is 0 Å². The fraction of sp³-hybridized carbons (Fsp3) is 0.815. The maximum absolute atomic E-state index is 13.4. The van der Waals surface area contributed by atoms with Gasteiger partial charge < -0.3 is 5.11 Å². The van der Waals surface area contributed by atoms with Crippen molar-refractivity contribution < 1.29 is 9.90 Å². The number of ketones is 1. The molecule has 10 atom stereocenters. The zero-order chi connectivity index (χ0) is 20.8. The molecule has 0 saturated heterocycles. The number of hydrogen-bond acceptors (Lipinski definition) is 2. The van der Waals surface area contributed by atoms with Crippen LogP contribution in [0.4, 0.5) is 0 Å². The normalized spacial score (nSPS) is 52.4. The van der Waals surface area contributed by atoms with Crippen molar-refractivity contribution in [2.45, 2.75) is 85.2 Å². The van der Waals surface area contributed by atoms with Crippen LogP contribution in [-0.4, -0.2) is 17.0 Å². The van der Waals surface area contributed by atoms with E-state index in [0.29, 0.717) is 23.5 Å². The van der Waals surface area contributed by atoms with Crippen LogP contribution in [-0.2, 0) is 4.79 Å². The monoisotopic (exact) mass is 396 g/mol. The molecule has 5 saturated carbocycles. The van der Waals surface area contributed by atoms with Crippen LogP contribution in [0, 0.1) is 51.8 Å². The van der Waals surface area contributed by atoms with E-state index in [2.05, 4.69) is 27.4 Å². The molecule has 160 valence electrons. The van der Waals surface area contributed by atoms with Gasteiger partial charge in [0.25, 0.3) is 0 Å². The number of Topliss-reactive ketones (excluding diaryl/α,β-unsaturated/α-hetero) is 1. The van der Waals surface area contributed by atoms with Crippen LogP contribution in [0.1, 0.15) is 79.1 Å². The molecule has 5 fully saturated rings. The highest BCUT2D eigenvalue weighted by atomic mass is 16.3. The average molecular weight is 397 g/mol. The molecule has 2 nitrogen and oxygen atoms in total. The lowest BCUT2D eigenvalue weighted by Crippen LogP contribution is -2.55. The Labute approximate surface area is 177 Å². The highest BCUT2D eigenvalue weighted by molar-refractivity contribution is 5.91. The van der Waals surface area contributed by atoms with E-state index in [-0.39, 0.29) is 22.2 Å². The number of aliphatic hydroxyl groups excluding tert-OH is 1. The summed E-state index contributed by atoms with van der Waals surface area (Å²) in [6.07, 6.45) is 13.2. The predicted octanol–water partition coefficient (Wildman–Crippen LogP) is 5.95. The van der Waals surface area contributed by atoms with Crippen LogP contribution in [0.15, 0.2) is 24.3 Å². The third-order valence-electron chi connectivity index (χ3n) is 11.1. The summed E-state index contributed by atoms with van der Waals surface area (Å²) in [6.45, 7) is 13.1. The Hall–Kier alpha value is -0.890. The molecule has 0 unspecified atom stereocenters. The summed E-state index contributed by atoms with van der Waals surface area (Å²) in [4.78, 5) is 13.4. The first-order valence-electron chi connectivity index (χ1n) is 12.2. The highest BCUT2D eigenvalue weighted by Crippen LogP contribution is 2.80. The molecular weight excluding hydrogens is 356 g/mol. The molecule has 1 N–H and O–H groups in total. The Kier molecular flexibility index (Phi) is 4.36. The number of fused-ring (bicyclic) bond motifs is 4. The zero-order valence-corrected chi connectivity index (χ0v) is 18.9. The maximum atomic E-state index is 13.4. The van der Waals surface area contributed by atoms with Gasteiger partial charge in [0.05, 0.1) is 6.10 Å². The molecule has 0 aromatic carbocycles. The summed E-state index contributed by atoms with van der Waals surface area (Å²) >= 11 is 0. The lowest BCUT2D eigenvalue weighted by atomic mass is 9.45. The summed E-state index contributed by atoms with van der Waals surface area (Å²) in [5.41, 5.74) is 1.65. The Morgan fingerprint density at radius 2 is 1.93 bits per heavy atom. The molecular formula is C27H40O2. The quantitative estimate of drug-likeness (QED) is 0.596. The van der Waals surface area contributed by atoms with Crippen molar-refractivity contribution in [3.05, 3.63) is 24.3 Å². The second kappa shape index (κ2) is 6.31. The molecule has 5 rings (SSSR count). The van der Waals surface area contributed by atoms with Crippen LogP contribution in [0.25, 0.3) is 0 Å². The largest absolute Gasteiger partial charge is 0.389 e. The molecule has 0 aliphatic heterocycles. The average Bonchev–Trinajstić information content (AvgIpc) is 3.20. The van der Waals surface area contributed by atoms with E-state index in [1.165, 1.54) is 44.9 Å². The van der Waals surface area contributed by atoms with E-state index in [0.717, 1.165) is 23.8 Å².